The molecular weight excluding hydrogens is 480 g/mol. The molecule has 8 nitrogen and oxygen atoms in total. The van der Waals surface area contributed by atoms with E-state index in [-0.39, 0.29) is 6.04 Å². The van der Waals surface area contributed by atoms with Crippen LogP contribution in [0.1, 0.15) is 77.3 Å². The Morgan fingerprint density at radius 1 is 1.14 bits per heavy atom. The Morgan fingerprint density at radius 2 is 1.86 bits per heavy atom. The van der Waals surface area contributed by atoms with Crippen LogP contribution in [0.5, 0.6) is 0 Å². The molecule has 2 N–H and O–H groups in total. The number of anilines is 1. The standard InChI is InChI=1S/C23H24N8S.C3H8.C2H6/c1-14(2)28-19-10-20(21-4-3-17-9-15(11-24)12-27-31(17)21)26-13-18(19)23-30-29-22(32-23)16-5-7-25-8-6-16;1-3-2;1-2/h3-4,9-10,12-14,16,25H,5-8H2,1-2H3,(H,26,28);3H2,1-2H3;1-2H3. The van der Waals surface area contributed by atoms with Gasteiger partial charge in [-0.25, -0.2) is 4.52 Å². The van der Waals surface area contributed by atoms with Gasteiger partial charge in [0, 0.05) is 23.8 Å². The molecule has 0 aromatic carbocycles. The molecule has 196 valence electrons. The van der Waals surface area contributed by atoms with Crippen LogP contribution >= 0.6 is 11.3 Å². The summed E-state index contributed by atoms with van der Waals surface area (Å²) in [4.78, 5) is 4.74. The van der Waals surface area contributed by atoms with Crippen molar-refractivity contribution in [2.75, 3.05) is 18.4 Å². The van der Waals surface area contributed by atoms with Gasteiger partial charge in [0.2, 0.25) is 0 Å². The van der Waals surface area contributed by atoms with E-state index in [9.17, 15) is 0 Å². The summed E-state index contributed by atoms with van der Waals surface area (Å²) in [5.41, 5.74) is 5.00. The average Bonchev–Trinajstić information content (AvgIpc) is 3.58. The Kier molecular flexibility index (Phi) is 10.5. The number of pyridine rings is 1. The molecule has 4 aromatic heterocycles. The predicted octanol–water partition coefficient (Wildman–Crippen LogP) is 6.52. The third-order valence-corrected chi connectivity index (χ3v) is 6.72. The fourth-order valence-electron chi connectivity index (χ4n) is 4.03. The zero-order valence-electron chi connectivity index (χ0n) is 22.7. The molecule has 0 spiro atoms. The van der Waals surface area contributed by atoms with Gasteiger partial charge in [0.05, 0.1) is 34.2 Å². The first kappa shape index (κ1) is 28.2. The molecule has 0 saturated carbocycles. The second-order valence-corrected chi connectivity index (χ2v) is 10.0. The molecule has 0 bridgehead atoms. The molecular formula is C28H38N8S. The summed E-state index contributed by atoms with van der Waals surface area (Å²) in [6.07, 6.45) is 6.90. The van der Waals surface area contributed by atoms with Crippen molar-refractivity contribution < 1.29 is 0 Å². The van der Waals surface area contributed by atoms with Gasteiger partial charge in [0.15, 0.2) is 5.01 Å². The highest BCUT2D eigenvalue weighted by atomic mass is 32.1. The summed E-state index contributed by atoms with van der Waals surface area (Å²) in [5.74, 6) is 0.479. The van der Waals surface area contributed by atoms with E-state index in [2.05, 4.69) is 59.7 Å². The SMILES string of the molecule is CC.CC(C)Nc1cc(-c2ccc3cc(C#N)cnn23)ncc1-c1nnc(C2CCNCC2)s1.CCC. The minimum Gasteiger partial charge on any atom is -0.382 e. The number of nitriles is 1. The number of fused-ring (bicyclic) bond motifs is 1. The molecule has 9 heteroatoms. The zero-order chi connectivity index (χ0) is 26.8. The second kappa shape index (κ2) is 13.8. The first-order chi connectivity index (χ1) is 18.0. The number of nitrogens with zero attached hydrogens (tertiary/aromatic N) is 6. The van der Waals surface area contributed by atoms with Gasteiger partial charge >= 0.3 is 0 Å². The maximum Gasteiger partial charge on any atom is 0.151 e. The minimum atomic E-state index is 0.251. The van der Waals surface area contributed by atoms with E-state index >= 15 is 0 Å². The van der Waals surface area contributed by atoms with Crippen molar-refractivity contribution >= 4 is 22.5 Å². The zero-order valence-corrected chi connectivity index (χ0v) is 23.6. The molecule has 5 heterocycles. The number of nitrogens with one attached hydrogen (secondary N) is 2. The van der Waals surface area contributed by atoms with Crippen LogP contribution in [-0.4, -0.2) is 43.9 Å². The molecule has 1 fully saturated rings. The van der Waals surface area contributed by atoms with E-state index in [1.165, 1.54) is 6.42 Å². The topological polar surface area (TPSA) is 104 Å². The van der Waals surface area contributed by atoms with Crippen molar-refractivity contribution in [3.8, 4) is 28.0 Å². The quantitative estimate of drug-likeness (QED) is 0.310. The Balaban J connectivity index is 0.000000711. The van der Waals surface area contributed by atoms with Crippen LogP contribution in [0, 0.1) is 11.3 Å². The number of rotatable bonds is 5. The third-order valence-electron chi connectivity index (χ3n) is 5.60. The predicted molar refractivity (Wildman–Crippen MR) is 153 cm³/mol. The molecule has 37 heavy (non-hydrogen) atoms. The Hall–Kier alpha value is -3.35. The summed E-state index contributed by atoms with van der Waals surface area (Å²) in [6, 6.07) is 10.2. The smallest absolute Gasteiger partial charge is 0.151 e. The van der Waals surface area contributed by atoms with Crippen LogP contribution < -0.4 is 10.6 Å². The molecule has 0 amide bonds. The monoisotopic (exact) mass is 518 g/mol. The van der Waals surface area contributed by atoms with Crippen molar-refractivity contribution in [2.45, 2.75) is 72.8 Å². The van der Waals surface area contributed by atoms with Crippen molar-refractivity contribution in [2.24, 2.45) is 0 Å². The molecule has 4 aromatic rings. The Bertz CT molecular complexity index is 1310. The lowest BCUT2D eigenvalue weighted by Gasteiger charge is -2.19. The van der Waals surface area contributed by atoms with Crippen LogP contribution in [0.3, 0.4) is 0 Å². The average molecular weight is 519 g/mol. The van der Waals surface area contributed by atoms with E-state index in [1.807, 2.05) is 48.8 Å². The molecule has 1 aliphatic rings. The summed E-state index contributed by atoms with van der Waals surface area (Å²) in [5, 5.41) is 31.5. The van der Waals surface area contributed by atoms with Crippen molar-refractivity contribution in [1.82, 2.24) is 30.1 Å². The molecule has 5 rings (SSSR count). The van der Waals surface area contributed by atoms with Crippen molar-refractivity contribution in [1.29, 1.82) is 5.26 Å². The van der Waals surface area contributed by atoms with Crippen LogP contribution in [0.15, 0.2) is 36.7 Å². The molecule has 1 saturated heterocycles. The van der Waals surface area contributed by atoms with Crippen LogP contribution in [0.2, 0.25) is 0 Å². The van der Waals surface area contributed by atoms with Gasteiger partial charge in [-0.05, 0) is 64.0 Å². The minimum absolute atomic E-state index is 0.251. The lowest BCUT2D eigenvalue weighted by Crippen LogP contribution is -2.26. The number of hydrogen-bond donors (Lipinski definition) is 2. The molecule has 0 unspecified atom stereocenters. The van der Waals surface area contributed by atoms with E-state index in [0.717, 1.165) is 64.1 Å². The van der Waals surface area contributed by atoms with Gasteiger partial charge in [-0.3, -0.25) is 4.98 Å². The highest BCUT2D eigenvalue weighted by Crippen LogP contribution is 2.36. The number of piperidine rings is 1. The van der Waals surface area contributed by atoms with E-state index in [1.54, 1.807) is 17.5 Å². The van der Waals surface area contributed by atoms with Crippen LogP contribution in [-0.2, 0) is 0 Å². The Labute approximate surface area is 224 Å². The fraction of sp³-hybridized carbons (Fsp3) is 0.464. The molecule has 0 atom stereocenters. The number of aromatic nitrogens is 5. The summed E-state index contributed by atoms with van der Waals surface area (Å²) >= 11 is 1.67. The summed E-state index contributed by atoms with van der Waals surface area (Å²) in [6.45, 7) is 14.5. The van der Waals surface area contributed by atoms with E-state index in [0.29, 0.717) is 11.5 Å². The molecule has 1 aliphatic heterocycles. The third kappa shape index (κ3) is 6.90. The lowest BCUT2D eigenvalue weighted by atomic mass is 9.99. The Morgan fingerprint density at radius 3 is 2.54 bits per heavy atom. The number of hydrogen-bond acceptors (Lipinski definition) is 8. The van der Waals surface area contributed by atoms with Crippen molar-refractivity contribution in [3.63, 3.8) is 0 Å². The lowest BCUT2D eigenvalue weighted by molar-refractivity contribution is 0.457. The highest BCUT2D eigenvalue weighted by molar-refractivity contribution is 7.14. The first-order valence-corrected chi connectivity index (χ1v) is 14.0. The maximum atomic E-state index is 9.13. The normalized spacial score (nSPS) is 13.4. The van der Waals surface area contributed by atoms with Gasteiger partial charge in [0.25, 0.3) is 0 Å². The molecule has 0 radical (unpaired) electrons. The highest BCUT2D eigenvalue weighted by Gasteiger charge is 2.21. The van der Waals surface area contributed by atoms with E-state index in [4.69, 9.17) is 10.2 Å². The van der Waals surface area contributed by atoms with Crippen LogP contribution in [0.25, 0.3) is 27.5 Å². The van der Waals surface area contributed by atoms with Gasteiger partial charge in [0.1, 0.15) is 11.1 Å². The maximum absolute atomic E-state index is 9.13. The molecule has 0 aliphatic carbocycles. The summed E-state index contributed by atoms with van der Waals surface area (Å²) < 4.78 is 1.81. The summed E-state index contributed by atoms with van der Waals surface area (Å²) in [7, 11) is 0. The first-order valence-electron chi connectivity index (χ1n) is 13.2. The van der Waals surface area contributed by atoms with Gasteiger partial charge in [-0.2, -0.15) is 10.4 Å². The van der Waals surface area contributed by atoms with Gasteiger partial charge < -0.3 is 10.6 Å². The van der Waals surface area contributed by atoms with Gasteiger partial charge in [-0.1, -0.05) is 45.5 Å². The van der Waals surface area contributed by atoms with Crippen molar-refractivity contribution in [3.05, 3.63) is 47.2 Å². The largest absolute Gasteiger partial charge is 0.382 e. The van der Waals surface area contributed by atoms with Crippen LogP contribution in [0.4, 0.5) is 5.69 Å². The fourth-order valence-corrected chi connectivity index (χ4v) is 5.06. The van der Waals surface area contributed by atoms with Gasteiger partial charge in [-0.15, -0.1) is 10.2 Å². The second-order valence-electron chi connectivity index (χ2n) is 9.00. The van der Waals surface area contributed by atoms with E-state index < -0.39 is 0 Å².